The van der Waals surface area contributed by atoms with Gasteiger partial charge in [-0.15, -0.1) is 0 Å². The van der Waals surface area contributed by atoms with Crippen LogP contribution in [-0.4, -0.2) is 5.97 Å². The fraction of sp³-hybridized carbons (Fsp3) is 0.875. The average molecular weight is 167 g/mol. The first-order valence-corrected chi connectivity index (χ1v) is 3.97. The summed E-state index contributed by atoms with van der Waals surface area (Å²) >= 11 is 0. The summed E-state index contributed by atoms with van der Waals surface area (Å²) in [5.41, 5.74) is 0. The Morgan fingerprint density at radius 1 is 1.18 bits per heavy atom. The van der Waals surface area contributed by atoms with Crippen LogP contribution in [0.4, 0.5) is 0 Å². The SMILES string of the molecule is CCCCCCC[13C](=O)[O-].[Na+]. The molecule has 0 rings (SSSR count). The Balaban J connectivity index is 0. The van der Waals surface area contributed by atoms with E-state index in [0.29, 0.717) is 0 Å². The molecule has 0 radical (unpaired) electrons. The third-order valence-corrected chi connectivity index (χ3v) is 1.48. The Morgan fingerprint density at radius 3 is 2.18 bits per heavy atom. The van der Waals surface area contributed by atoms with E-state index in [4.69, 9.17) is 0 Å². The minimum Gasteiger partial charge on any atom is -0.550 e. The zero-order valence-corrected chi connectivity index (χ0v) is 9.56. The Kier molecular flexibility index (Phi) is 13.3. The number of aliphatic carboxylic acids is 1. The molecule has 0 N–H and O–H groups in total. The summed E-state index contributed by atoms with van der Waals surface area (Å²) in [5.74, 6) is -0.920. The van der Waals surface area contributed by atoms with Crippen LogP contribution in [0.25, 0.3) is 0 Å². The zero-order valence-electron chi connectivity index (χ0n) is 7.56. The van der Waals surface area contributed by atoms with E-state index in [9.17, 15) is 9.90 Å². The van der Waals surface area contributed by atoms with Gasteiger partial charge in [-0.25, -0.2) is 0 Å². The van der Waals surface area contributed by atoms with Crippen LogP contribution in [0.15, 0.2) is 0 Å². The van der Waals surface area contributed by atoms with Crippen LogP contribution in [0.1, 0.15) is 45.4 Å². The molecule has 0 aliphatic carbocycles. The summed E-state index contributed by atoms with van der Waals surface area (Å²) in [6, 6.07) is 0. The van der Waals surface area contributed by atoms with Gasteiger partial charge in [0.25, 0.3) is 0 Å². The molecule has 0 spiro atoms. The van der Waals surface area contributed by atoms with Crippen LogP contribution < -0.4 is 34.7 Å². The van der Waals surface area contributed by atoms with Crippen molar-refractivity contribution in [2.75, 3.05) is 0 Å². The molecule has 2 nitrogen and oxygen atoms in total. The van der Waals surface area contributed by atoms with Crippen molar-refractivity contribution >= 4 is 5.97 Å². The smallest absolute Gasteiger partial charge is 0.550 e. The van der Waals surface area contributed by atoms with E-state index >= 15 is 0 Å². The number of unbranched alkanes of at least 4 members (excludes halogenated alkanes) is 4. The van der Waals surface area contributed by atoms with Gasteiger partial charge in [-0.05, 0) is 12.8 Å². The number of hydrogen-bond acceptors (Lipinski definition) is 2. The van der Waals surface area contributed by atoms with Crippen molar-refractivity contribution < 1.29 is 39.5 Å². The van der Waals surface area contributed by atoms with Crippen LogP contribution in [0.5, 0.6) is 0 Å². The number of hydrogen-bond donors (Lipinski definition) is 0. The maximum atomic E-state index is 9.92. The fourth-order valence-corrected chi connectivity index (χ4v) is 0.873. The van der Waals surface area contributed by atoms with E-state index in [1.54, 1.807) is 0 Å². The van der Waals surface area contributed by atoms with Crippen LogP contribution >= 0.6 is 0 Å². The monoisotopic (exact) mass is 167 g/mol. The summed E-state index contributed by atoms with van der Waals surface area (Å²) < 4.78 is 0. The average Bonchev–Trinajstić information content (AvgIpc) is 1.87. The van der Waals surface area contributed by atoms with E-state index < -0.39 is 5.97 Å². The van der Waals surface area contributed by atoms with Gasteiger partial charge in [0, 0.05) is 5.97 Å². The predicted molar refractivity (Wildman–Crippen MR) is 38.4 cm³/mol. The Bertz CT molecular complexity index is 94.1. The molecule has 0 heterocycles. The first kappa shape index (κ1) is 14.0. The summed E-state index contributed by atoms with van der Waals surface area (Å²) in [7, 11) is 0. The summed E-state index contributed by atoms with van der Waals surface area (Å²) in [6.45, 7) is 2.14. The van der Waals surface area contributed by atoms with E-state index in [1.165, 1.54) is 12.8 Å². The topological polar surface area (TPSA) is 40.1 Å². The van der Waals surface area contributed by atoms with Gasteiger partial charge in [-0.2, -0.15) is 0 Å². The van der Waals surface area contributed by atoms with Crippen LogP contribution in [0.2, 0.25) is 0 Å². The van der Waals surface area contributed by atoms with Crippen LogP contribution in [-0.2, 0) is 4.79 Å². The normalized spacial score (nSPS) is 8.82. The minimum atomic E-state index is -0.920. The second kappa shape index (κ2) is 10.5. The number of carboxylic acid groups (broad SMARTS) is 1. The molecule has 0 aromatic heterocycles. The Hall–Kier alpha value is 0.470. The maximum absolute atomic E-state index is 9.92. The van der Waals surface area contributed by atoms with Gasteiger partial charge >= 0.3 is 29.6 Å². The van der Waals surface area contributed by atoms with Gasteiger partial charge in [0.1, 0.15) is 0 Å². The molecule has 0 fully saturated rings. The molecule has 0 aromatic rings. The van der Waals surface area contributed by atoms with Crippen molar-refractivity contribution in [3.8, 4) is 0 Å². The number of carbonyl (C=O) groups is 1. The largest absolute Gasteiger partial charge is 1.00 e. The number of carbonyl (C=O) groups excluding carboxylic acids is 1. The molecule has 0 amide bonds. The van der Waals surface area contributed by atoms with Crippen LogP contribution in [0, 0.1) is 0 Å². The van der Waals surface area contributed by atoms with Crippen molar-refractivity contribution in [3.05, 3.63) is 0 Å². The van der Waals surface area contributed by atoms with Gasteiger partial charge in [0.2, 0.25) is 0 Å². The molecule has 60 valence electrons. The number of rotatable bonds is 6. The second-order valence-electron chi connectivity index (χ2n) is 2.54. The predicted octanol–water partition coefficient (Wildman–Crippen LogP) is -1.90. The van der Waals surface area contributed by atoms with Gasteiger partial charge in [0.15, 0.2) is 0 Å². The van der Waals surface area contributed by atoms with Gasteiger partial charge in [-0.3, -0.25) is 0 Å². The molecular weight excluding hydrogens is 152 g/mol. The third kappa shape index (κ3) is 13.5. The molecule has 3 heteroatoms. The van der Waals surface area contributed by atoms with Crippen molar-refractivity contribution in [2.24, 2.45) is 0 Å². The summed E-state index contributed by atoms with van der Waals surface area (Å²) in [5, 5.41) is 9.92. The molecule has 0 saturated carbocycles. The first-order valence-electron chi connectivity index (χ1n) is 3.97. The van der Waals surface area contributed by atoms with Crippen molar-refractivity contribution in [2.45, 2.75) is 45.4 Å². The quantitative estimate of drug-likeness (QED) is 0.263. The molecule has 0 atom stereocenters. The molecule has 0 bridgehead atoms. The van der Waals surface area contributed by atoms with E-state index in [2.05, 4.69) is 6.92 Å². The number of carboxylic acids is 1. The van der Waals surface area contributed by atoms with Crippen molar-refractivity contribution in [3.63, 3.8) is 0 Å². The van der Waals surface area contributed by atoms with Crippen molar-refractivity contribution in [1.82, 2.24) is 0 Å². The summed E-state index contributed by atoms with van der Waals surface area (Å²) in [4.78, 5) is 9.92. The van der Waals surface area contributed by atoms with Gasteiger partial charge in [0.05, 0.1) is 0 Å². The second-order valence-corrected chi connectivity index (χ2v) is 2.54. The molecule has 0 aliphatic heterocycles. The summed E-state index contributed by atoms with van der Waals surface area (Å²) in [6.07, 6.45) is 5.61. The molecule has 11 heavy (non-hydrogen) atoms. The molecule has 0 aromatic carbocycles. The Morgan fingerprint density at radius 2 is 1.73 bits per heavy atom. The fourth-order valence-electron chi connectivity index (χ4n) is 0.873. The van der Waals surface area contributed by atoms with Gasteiger partial charge < -0.3 is 9.90 Å². The third-order valence-electron chi connectivity index (χ3n) is 1.48. The molecular formula is C8H15NaO2. The van der Waals surface area contributed by atoms with Crippen LogP contribution in [0.3, 0.4) is 0 Å². The molecule has 0 unspecified atom stereocenters. The molecule has 0 aliphatic rings. The van der Waals surface area contributed by atoms with Crippen molar-refractivity contribution in [1.29, 1.82) is 0 Å². The standard InChI is InChI=1S/C8H16O2.Na/c1-2-3-4-5-6-7-8(9)10;/h2-7H2,1H3,(H,9,10);/q;+1/p-1/i8+1;. The maximum Gasteiger partial charge on any atom is 1.00 e. The zero-order chi connectivity index (χ0) is 7.82. The molecule has 0 saturated heterocycles. The van der Waals surface area contributed by atoms with E-state index in [1.807, 2.05) is 0 Å². The first-order chi connectivity index (χ1) is 4.77. The van der Waals surface area contributed by atoms with E-state index in [-0.39, 0.29) is 36.0 Å². The van der Waals surface area contributed by atoms with E-state index in [0.717, 1.165) is 19.3 Å². The Labute approximate surface area is 90.7 Å². The van der Waals surface area contributed by atoms with Gasteiger partial charge in [-0.1, -0.05) is 32.6 Å². The minimum absolute atomic E-state index is 0.